The molecule has 1 heteroatoms. The molecular weight excluding hydrogens is 427 g/mol. The molecule has 0 spiro atoms. The maximum Gasteiger partial charge on any atom is 0.0136 e. The summed E-state index contributed by atoms with van der Waals surface area (Å²) in [5, 5.41) is 2.62. The average molecular weight is 448 g/mol. The van der Waals surface area contributed by atoms with Gasteiger partial charge in [-0.25, -0.2) is 0 Å². The van der Waals surface area contributed by atoms with Crippen LogP contribution in [-0.4, -0.2) is 0 Å². The van der Waals surface area contributed by atoms with Crippen LogP contribution in [0.25, 0.3) is 21.9 Å². The third-order valence-electron chi connectivity index (χ3n) is 6.21. The SMILES string of the molecule is CC1(C)c2cc(-c3ccc4cc(I)ccc4c3)ccc2C2C=CC=CC21. The molecule has 0 fully saturated rings. The lowest BCUT2D eigenvalue weighted by Gasteiger charge is -2.29. The maximum atomic E-state index is 2.43. The van der Waals surface area contributed by atoms with Crippen molar-refractivity contribution in [3.05, 3.63) is 93.6 Å². The number of fused-ring (bicyclic) bond motifs is 4. The first kappa shape index (κ1) is 16.3. The van der Waals surface area contributed by atoms with Gasteiger partial charge in [0.1, 0.15) is 0 Å². The van der Waals surface area contributed by atoms with E-state index in [2.05, 4.69) is 115 Å². The minimum absolute atomic E-state index is 0.171. The maximum absolute atomic E-state index is 2.43. The van der Waals surface area contributed by atoms with E-state index in [-0.39, 0.29) is 5.41 Å². The lowest BCUT2D eigenvalue weighted by Crippen LogP contribution is -2.24. The van der Waals surface area contributed by atoms with E-state index in [0.29, 0.717) is 11.8 Å². The van der Waals surface area contributed by atoms with Crippen molar-refractivity contribution in [3.8, 4) is 11.1 Å². The smallest absolute Gasteiger partial charge is 0.0136 e. The predicted octanol–water partition coefficient (Wildman–Crippen LogP) is 7.23. The summed E-state index contributed by atoms with van der Waals surface area (Å²) in [7, 11) is 0. The highest BCUT2D eigenvalue weighted by atomic mass is 127. The molecule has 2 unspecified atom stereocenters. The van der Waals surface area contributed by atoms with Crippen molar-refractivity contribution in [2.24, 2.45) is 5.92 Å². The Hall–Kier alpha value is -1.87. The first-order chi connectivity index (χ1) is 12.5. The fourth-order valence-electron chi connectivity index (χ4n) is 4.75. The molecule has 0 saturated heterocycles. The van der Waals surface area contributed by atoms with Crippen LogP contribution >= 0.6 is 22.6 Å². The van der Waals surface area contributed by atoms with Crippen LogP contribution in [0.3, 0.4) is 0 Å². The van der Waals surface area contributed by atoms with Crippen LogP contribution in [0.4, 0.5) is 0 Å². The molecule has 0 nitrogen and oxygen atoms in total. The summed E-state index contributed by atoms with van der Waals surface area (Å²) in [6.07, 6.45) is 9.17. The molecule has 0 aromatic heterocycles. The van der Waals surface area contributed by atoms with E-state index in [1.54, 1.807) is 0 Å². The summed E-state index contributed by atoms with van der Waals surface area (Å²) in [5.74, 6) is 1.09. The molecule has 5 rings (SSSR count). The van der Waals surface area contributed by atoms with E-state index < -0.39 is 0 Å². The number of allylic oxidation sites excluding steroid dienone is 4. The number of halogens is 1. The predicted molar refractivity (Wildman–Crippen MR) is 120 cm³/mol. The molecule has 0 aliphatic heterocycles. The first-order valence-corrected chi connectivity index (χ1v) is 10.3. The Balaban J connectivity index is 1.64. The van der Waals surface area contributed by atoms with Crippen LogP contribution in [0.15, 0.2) is 78.9 Å². The number of benzene rings is 3. The molecule has 2 aliphatic carbocycles. The highest BCUT2D eigenvalue weighted by Crippen LogP contribution is 2.53. The largest absolute Gasteiger partial charge is 0.0796 e. The highest BCUT2D eigenvalue weighted by molar-refractivity contribution is 14.1. The second-order valence-electron chi connectivity index (χ2n) is 8.05. The lowest BCUT2D eigenvalue weighted by molar-refractivity contribution is 0.394. The van der Waals surface area contributed by atoms with Crippen LogP contribution in [0.2, 0.25) is 0 Å². The Bertz CT molecular complexity index is 1080. The normalized spacial score (nSPS) is 22.4. The van der Waals surface area contributed by atoms with E-state index in [9.17, 15) is 0 Å². The molecule has 0 radical (unpaired) electrons. The molecule has 0 saturated carbocycles. The van der Waals surface area contributed by atoms with Gasteiger partial charge in [0.15, 0.2) is 0 Å². The van der Waals surface area contributed by atoms with Gasteiger partial charge < -0.3 is 0 Å². The van der Waals surface area contributed by atoms with Gasteiger partial charge in [0, 0.05) is 9.49 Å². The van der Waals surface area contributed by atoms with Gasteiger partial charge in [-0.05, 0) is 85.1 Å². The Morgan fingerprint density at radius 2 is 1.46 bits per heavy atom. The zero-order chi connectivity index (χ0) is 17.9. The number of hydrogen-bond acceptors (Lipinski definition) is 0. The minimum atomic E-state index is 0.171. The first-order valence-electron chi connectivity index (χ1n) is 9.23. The van der Waals surface area contributed by atoms with Crippen LogP contribution in [0.1, 0.15) is 30.9 Å². The van der Waals surface area contributed by atoms with Gasteiger partial charge in [0.05, 0.1) is 0 Å². The van der Waals surface area contributed by atoms with Crippen molar-refractivity contribution in [2.75, 3.05) is 0 Å². The molecule has 128 valence electrons. The zero-order valence-electron chi connectivity index (χ0n) is 15.0. The van der Waals surface area contributed by atoms with Crippen LogP contribution < -0.4 is 0 Å². The van der Waals surface area contributed by atoms with Gasteiger partial charge in [-0.15, -0.1) is 0 Å². The molecule has 0 bridgehead atoms. The molecule has 3 aromatic rings. The summed E-state index contributed by atoms with van der Waals surface area (Å²) in [6.45, 7) is 4.79. The van der Waals surface area contributed by atoms with Crippen molar-refractivity contribution in [1.29, 1.82) is 0 Å². The van der Waals surface area contributed by atoms with Crippen molar-refractivity contribution in [2.45, 2.75) is 25.2 Å². The van der Waals surface area contributed by atoms with Gasteiger partial charge in [0.25, 0.3) is 0 Å². The van der Waals surface area contributed by atoms with Gasteiger partial charge in [-0.1, -0.05) is 74.5 Å². The highest BCUT2D eigenvalue weighted by Gasteiger charge is 2.44. The number of rotatable bonds is 1. The fraction of sp³-hybridized carbons (Fsp3) is 0.200. The molecule has 26 heavy (non-hydrogen) atoms. The van der Waals surface area contributed by atoms with Crippen LogP contribution in [0, 0.1) is 9.49 Å². The number of hydrogen-bond donors (Lipinski definition) is 0. The van der Waals surface area contributed by atoms with Gasteiger partial charge in [0.2, 0.25) is 0 Å². The molecule has 0 N–H and O–H groups in total. The summed E-state index contributed by atoms with van der Waals surface area (Å²) in [6, 6.07) is 20.6. The topological polar surface area (TPSA) is 0 Å². The Kier molecular flexibility index (Phi) is 3.65. The summed E-state index contributed by atoms with van der Waals surface area (Å²) in [4.78, 5) is 0. The van der Waals surface area contributed by atoms with Crippen molar-refractivity contribution >= 4 is 33.4 Å². The zero-order valence-corrected chi connectivity index (χ0v) is 17.2. The van der Waals surface area contributed by atoms with E-state index in [1.165, 1.54) is 36.6 Å². The van der Waals surface area contributed by atoms with Crippen LogP contribution in [0.5, 0.6) is 0 Å². The van der Waals surface area contributed by atoms with Gasteiger partial charge >= 0.3 is 0 Å². The lowest BCUT2D eigenvalue weighted by atomic mass is 9.74. The average Bonchev–Trinajstić information content (AvgIpc) is 2.89. The third-order valence-corrected chi connectivity index (χ3v) is 6.88. The minimum Gasteiger partial charge on any atom is -0.0796 e. The van der Waals surface area contributed by atoms with Crippen molar-refractivity contribution in [1.82, 2.24) is 0 Å². The van der Waals surface area contributed by atoms with E-state index >= 15 is 0 Å². The second kappa shape index (κ2) is 5.82. The standard InChI is InChI=1S/C25H21I/c1-25(2)23-6-4-3-5-21(23)22-12-10-19(15-24(22)25)16-7-8-18-14-20(26)11-9-17(18)13-16/h3-15,21,23H,1-2H3. The Labute approximate surface area is 168 Å². The quantitative estimate of drug-likeness (QED) is 0.345. The second-order valence-corrected chi connectivity index (χ2v) is 9.30. The van der Waals surface area contributed by atoms with Crippen molar-refractivity contribution in [3.63, 3.8) is 0 Å². The summed E-state index contributed by atoms with van der Waals surface area (Å²) in [5.41, 5.74) is 5.80. The Morgan fingerprint density at radius 1 is 0.769 bits per heavy atom. The molecular formula is C25H21I. The molecule has 0 heterocycles. The van der Waals surface area contributed by atoms with E-state index in [0.717, 1.165) is 0 Å². The monoisotopic (exact) mass is 448 g/mol. The molecule has 2 atom stereocenters. The summed E-state index contributed by atoms with van der Waals surface area (Å²) < 4.78 is 1.28. The molecule has 3 aromatic carbocycles. The fourth-order valence-corrected chi connectivity index (χ4v) is 5.27. The Morgan fingerprint density at radius 3 is 2.35 bits per heavy atom. The molecule has 0 amide bonds. The third kappa shape index (κ3) is 2.40. The van der Waals surface area contributed by atoms with E-state index in [1.807, 2.05) is 0 Å². The van der Waals surface area contributed by atoms with Crippen molar-refractivity contribution < 1.29 is 0 Å². The van der Waals surface area contributed by atoms with Gasteiger partial charge in [-0.3, -0.25) is 0 Å². The summed E-state index contributed by atoms with van der Waals surface area (Å²) >= 11 is 2.38. The van der Waals surface area contributed by atoms with Crippen LogP contribution in [-0.2, 0) is 5.41 Å². The van der Waals surface area contributed by atoms with Gasteiger partial charge in [-0.2, -0.15) is 0 Å². The van der Waals surface area contributed by atoms with E-state index in [4.69, 9.17) is 0 Å². The molecule has 2 aliphatic rings.